The zero-order valence-corrected chi connectivity index (χ0v) is 14.5. The number of ether oxygens (including phenoxy) is 2. The minimum Gasteiger partial charge on any atom is -0.497 e. The Balaban J connectivity index is 1.34. The molecule has 0 amide bonds. The van der Waals surface area contributed by atoms with Crippen molar-refractivity contribution < 1.29 is 19.4 Å². The zero-order chi connectivity index (χ0) is 17.4. The summed E-state index contributed by atoms with van der Waals surface area (Å²) in [4.78, 5) is 12.4. The lowest BCUT2D eigenvalue weighted by molar-refractivity contribution is -0.169. The number of methoxy groups -OCH3 is 1. The van der Waals surface area contributed by atoms with Crippen molar-refractivity contribution in [2.75, 3.05) is 26.7 Å². The van der Waals surface area contributed by atoms with Gasteiger partial charge in [0, 0.05) is 19.6 Å². The van der Waals surface area contributed by atoms with E-state index in [0.717, 1.165) is 37.2 Å². The van der Waals surface area contributed by atoms with Crippen LogP contribution < -0.4 is 15.4 Å². The van der Waals surface area contributed by atoms with Crippen molar-refractivity contribution in [3.63, 3.8) is 0 Å². The Kier molecular flexibility index (Phi) is 4.43. The molecule has 6 heteroatoms. The van der Waals surface area contributed by atoms with Gasteiger partial charge in [-0.3, -0.25) is 4.79 Å². The van der Waals surface area contributed by atoms with Crippen LogP contribution in [0, 0.1) is 11.3 Å². The second-order valence-corrected chi connectivity index (χ2v) is 7.74. The molecule has 3 N–H and O–H groups in total. The normalized spacial score (nSPS) is 30.6. The number of rotatable bonds is 5. The zero-order valence-electron chi connectivity index (χ0n) is 14.5. The summed E-state index contributed by atoms with van der Waals surface area (Å²) in [5, 5.41) is 16.8. The first-order chi connectivity index (χ1) is 12.1. The van der Waals surface area contributed by atoms with Crippen LogP contribution in [0.15, 0.2) is 24.3 Å². The van der Waals surface area contributed by atoms with Crippen molar-refractivity contribution in [3.05, 3.63) is 29.8 Å². The van der Waals surface area contributed by atoms with Gasteiger partial charge in [0.05, 0.1) is 19.1 Å². The van der Waals surface area contributed by atoms with Gasteiger partial charge in [-0.25, -0.2) is 0 Å². The van der Waals surface area contributed by atoms with E-state index in [1.807, 2.05) is 24.3 Å². The molecule has 6 nitrogen and oxygen atoms in total. The second kappa shape index (κ2) is 6.59. The molecular weight excluding hydrogens is 320 g/mol. The third-order valence-electron chi connectivity index (χ3n) is 5.92. The number of β-amino-alcohol motifs (C(OH)–C–C–N with tert-alkyl or cyclic N) is 1. The monoisotopic (exact) mass is 346 g/mol. The van der Waals surface area contributed by atoms with Crippen molar-refractivity contribution in [1.82, 2.24) is 10.6 Å². The standard InChI is InChI=1S/C19H26N2O4/c1-24-14-4-2-12(3-5-14)6-15-17(16(22)9-21-15)25-18(23)13-7-19(8-13)10-20-11-19/h2-5,13,15-17,20-22H,6-11H2,1H3/t15-,16+,17+/m1/s1. The van der Waals surface area contributed by atoms with E-state index in [1.165, 1.54) is 0 Å². The highest BCUT2D eigenvalue weighted by Gasteiger charge is 2.52. The number of esters is 1. The van der Waals surface area contributed by atoms with E-state index >= 15 is 0 Å². The van der Waals surface area contributed by atoms with Gasteiger partial charge in [0.2, 0.25) is 0 Å². The average Bonchev–Trinajstić information content (AvgIpc) is 2.86. The first-order valence-corrected chi connectivity index (χ1v) is 9.04. The molecule has 1 saturated carbocycles. The highest BCUT2D eigenvalue weighted by molar-refractivity contribution is 5.74. The van der Waals surface area contributed by atoms with Crippen LogP contribution in [0.4, 0.5) is 0 Å². The van der Waals surface area contributed by atoms with Crippen LogP contribution in [0.25, 0.3) is 0 Å². The van der Waals surface area contributed by atoms with Crippen LogP contribution >= 0.6 is 0 Å². The summed E-state index contributed by atoms with van der Waals surface area (Å²) in [5.41, 5.74) is 1.47. The Labute approximate surface area is 147 Å². The van der Waals surface area contributed by atoms with Crippen molar-refractivity contribution in [2.45, 2.75) is 37.5 Å². The minimum atomic E-state index is -0.647. The lowest BCUT2D eigenvalue weighted by Gasteiger charge is -2.53. The van der Waals surface area contributed by atoms with Crippen LogP contribution in [0.2, 0.25) is 0 Å². The van der Waals surface area contributed by atoms with Gasteiger partial charge in [0.1, 0.15) is 18.0 Å². The van der Waals surface area contributed by atoms with E-state index in [1.54, 1.807) is 7.11 Å². The highest BCUT2D eigenvalue weighted by Crippen LogP contribution is 2.48. The van der Waals surface area contributed by atoms with Gasteiger partial charge in [0.25, 0.3) is 0 Å². The number of benzene rings is 1. The molecule has 0 radical (unpaired) electrons. The molecule has 3 atom stereocenters. The molecule has 136 valence electrons. The van der Waals surface area contributed by atoms with Gasteiger partial charge < -0.3 is 25.2 Å². The van der Waals surface area contributed by atoms with Crippen molar-refractivity contribution in [1.29, 1.82) is 0 Å². The molecule has 0 aromatic heterocycles. The third-order valence-corrected chi connectivity index (χ3v) is 5.92. The largest absolute Gasteiger partial charge is 0.497 e. The number of hydrogen-bond acceptors (Lipinski definition) is 6. The summed E-state index contributed by atoms with van der Waals surface area (Å²) in [6, 6.07) is 7.78. The van der Waals surface area contributed by atoms with E-state index in [9.17, 15) is 9.90 Å². The van der Waals surface area contributed by atoms with Crippen molar-refractivity contribution in [3.8, 4) is 5.75 Å². The fourth-order valence-electron chi connectivity index (χ4n) is 4.29. The maximum Gasteiger partial charge on any atom is 0.309 e. The Morgan fingerprint density at radius 1 is 1.28 bits per heavy atom. The van der Waals surface area contributed by atoms with Gasteiger partial charge in [-0.1, -0.05) is 12.1 Å². The van der Waals surface area contributed by atoms with Gasteiger partial charge >= 0.3 is 5.97 Å². The van der Waals surface area contributed by atoms with Crippen LogP contribution in [0.1, 0.15) is 18.4 Å². The fraction of sp³-hybridized carbons (Fsp3) is 0.632. The van der Waals surface area contributed by atoms with Crippen LogP contribution in [0.5, 0.6) is 5.75 Å². The van der Waals surface area contributed by atoms with Gasteiger partial charge in [-0.2, -0.15) is 0 Å². The predicted molar refractivity (Wildman–Crippen MR) is 92.4 cm³/mol. The molecule has 0 bridgehead atoms. The number of hydrogen-bond donors (Lipinski definition) is 3. The Morgan fingerprint density at radius 3 is 2.60 bits per heavy atom. The molecule has 3 fully saturated rings. The lowest BCUT2D eigenvalue weighted by atomic mass is 9.58. The summed E-state index contributed by atoms with van der Waals surface area (Å²) in [7, 11) is 1.64. The molecule has 1 aromatic carbocycles. The molecule has 1 aromatic rings. The van der Waals surface area contributed by atoms with E-state index in [4.69, 9.17) is 9.47 Å². The third kappa shape index (κ3) is 3.26. The SMILES string of the molecule is COc1ccc(C[C@H]2NC[C@H](O)[C@H]2OC(=O)C2CC3(CNC3)C2)cc1. The second-order valence-electron chi connectivity index (χ2n) is 7.74. The molecule has 4 rings (SSSR count). The maximum absolute atomic E-state index is 12.4. The maximum atomic E-state index is 12.4. The molecule has 25 heavy (non-hydrogen) atoms. The number of aliphatic hydroxyl groups is 1. The topological polar surface area (TPSA) is 79.8 Å². The fourth-order valence-corrected chi connectivity index (χ4v) is 4.29. The van der Waals surface area contributed by atoms with Gasteiger partial charge in [0.15, 0.2) is 0 Å². The molecule has 2 saturated heterocycles. The molecule has 2 aliphatic heterocycles. The quantitative estimate of drug-likeness (QED) is 0.673. The van der Waals surface area contributed by atoms with E-state index in [2.05, 4.69) is 10.6 Å². The van der Waals surface area contributed by atoms with E-state index in [0.29, 0.717) is 18.4 Å². The Morgan fingerprint density at radius 2 is 2.00 bits per heavy atom. The van der Waals surface area contributed by atoms with E-state index in [-0.39, 0.29) is 17.9 Å². The van der Waals surface area contributed by atoms with Crippen LogP contribution in [0.3, 0.4) is 0 Å². The summed E-state index contributed by atoms with van der Waals surface area (Å²) < 4.78 is 10.9. The smallest absolute Gasteiger partial charge is 0.309 e. The molecule has 3 aliphatic rings. The Hall–Kier alpha value is -1.63. The first kappa shape index (κ1) is 16.8. The molecule has 1 spiro atoms. The molecule has 1 aliphatic carbocycles. The lowest BCUT2D eigenvalue weighted by Crippen LogP contribution is -2.61. The van der Waals surface area contributed by atoms with Crippen LogP contribution in [-0.4, -0.2) is 56.1 Å². The number of aliphatic hydroxyl groups excluding tert-OH is 1. The molecular formula is C19H26N2O4. The summed E-state index contributed by atoms with van der Waals surface area (Å²) >= 11 is 0. The Bertz CT molecular complexity index is 621. The number of carbonyl (C=O) groups is 1. The number of nitrogens with one attached hydrogen (secondary N) is 2. The molecule has 0 unspecified atom stereocenters. The van der Waals surface area contributed by atoms with Crippen molar-refractivity contribution >= 4 is 5.97 Å². The average molecular weight is 346 g/mol. The van der Waals surface area contributed by atoms with Crippen LogP contribution in [-0.2, 0) is 16.0 Å². The minimum absolute atomic E-state index is 0.00321. The summed E-state index contributed by atoms with van der Waals surface area (Å²) in [6.07, 6.45) is 1.41. The molecule has 2 heterocycles. The van der Waals surface area contributed by atoms with Gasteiger partial charge in [-0.05, 0) is 42.4 Å². The predicted octanol–water partition coefficient (Wildman–Crippen LogP) is 0.482. The first-order valence-electron chi connectivity index (χ1n) is 9.04. The summed E-state index contributed by atoms with van der Waals surface area (Å²) in [5.74, 6) is 0.664. The summed E-state index contributed by atoms with van der Waals surface area (Å²) in [6.45, 7) is 2.49. The van der Waals surface area contributed by atoms with Gasteiger partial charge in [-0.15, -0.1) is 0 Å². The number of carbonyl (C=O) groups excluding carboxylic acids is 1. The van der Waals surface area contributed by atoms with E-state index < -0.39 is 12.2 Å². The highest BCUT2D eigenvalue weighted by atomic mass is 16.6. The van der Waals surface area contributed by atoms with Crippen molar-refractivity contribution in [2.24, 2.45) is 11.3 Å².